The Hall–Kier alpha value is -5.88. The van der Waals surface area contributed by atoms with E-state index < -0.39 is 44.7 Å². The van der Waals surface area contributed by atoms with E-state index in [-0.39, 0.29) is 24.9 Å². The predicted molar refractivity (Wildman–Crippen MR) is 214 cm³/mol. The van der Waals surface area contributed by atoms with Gasteiger partial charge in [0.25, 0.3) is 11.8 Å². The first-order chi connectivity index (χ1) is 29.6. The van der Waals surface area contributed by atoms with E-state index in [1.165, 1.54) is 26.6 Å². The zero-order chi connectivity index (χ0) is 43.8. The molecule has 1 saturated heterocycles. The van der Waals surface area contributed by atoms with Gasteiger partial charge in [0, 0.05) is 38.6 Å². The fourth-order valence-corrected chi connectivity index (χ4v) is 8.68. The van der Waals surface area contributed by atoms with E-state index in [0.29, 0.717) is 46.5 Å². The number of halogens is 4. The summed E-state index contributed by atoms with van der Waals surface area (Å²) in [4.78, 5) is 10.8. The van der Waals surface area contributed by atoms with Crippen LogP contribution in [0.3, 0.4) is 0 Å². The third-order valence-corrected chi connectivity index (χ3v) is 12.6. The number of pyridine rings is 2. The third kappa shape index (κ3) is 9.60. The maximum atomic E-state index is 12.7. The second kappa shape index (κ2) is 17.5. The number of ether oxygens (including phenoxy) is 1. The normalized spacial score (nSPS) is 15.3. The van der Waals surface area contributed by atoms with Crippen molar-refractivity contribution >= 4 is 31.4 Å². The number of benzene rings is 2. The van der Waals surface area contributed by atoms with Crippen molar-refractivity contribution in [2.75, 3.05) is 34.3 Å². The SMILES string of the molecule is CS(=O)(=O)N(Cc1ccc(-c2nnc(C(F)F)o2)cn1)c1ccc2c(c1)CN(C1COC1)C2.CS(=O)(=O)N(Cc1ccc(-c2nnc(C(F)F)o2)cn1)c1ccc2c(c1)CNC2. The maximum Gasteiger partial charge on any atom is 0.314 e. The molecule has 2 aromatic carbocycles. The number of alkyl halides is 4. The maximum absolute atomic E-state index is 12.7. The van der Waals surface area contributed by atoms with E-state index in [4.69, 9.17) is 13.6 Å². The number of hydrogen-bond donors (Lipinski definition) is 1. The van der Waals surface area contributed by atoms with Gasteiger partial charge in [0.2, 0.25) is 31.8 Å². The van der Waals surface area contributed by atoms with Crippen LogP contribution in [0.25, 0.3) is 22.9 Å². The molecule has 326 valence electrons. The first-order valence-corrected chi connectivity index (χ1v) is 22.6. The van der Waals surface area contributed by atoms with Crippen molar-refractivity contribution in [3.8, 4) is 22.9 Å². The summed E-state index contributed by atoms with van der Waals surface area (Å²) < 4.78 is 118. The summed E-state index contributed by atoms with van der Waals surface area (Å²) in [5.41, 5.74) is 7.29. The van der Waals surface area contributed by atoms with E-state index in [2.05, 4.69) is 40.6 Å². The molecule has 0 atom stereocenters. The summed E-state index contributed by atoms with van der Waals surface area (Å²) in [6.45, 7) is 4.54. The van der Waals surface area contributed by atoms with Crippen LogP contribution in [0.15, 0.2) is 81.9 Å². The second-order valence-corrected chi connectivity index (χ2v) is 18.5. The zero-order valence-electron chi connectivity index (χ0n) is 33.0. The molecule has 0 aliphatic carbocycles. The van der Waals surface area contributed by atoms with Gasteiger partial charge in [-0.2, -0.15) is 17.6 Å². The number of fused-ring (bicyclic) bond motifs is 2. The lowest BCUT2D eigenvalue weighted by atomic mass is 10.1. The molecule has 3 aliphatic rings. The van der Waals surface area contributed by atoms with Crippen LogP contribution in [-0.4, -0.2) is 83.9 Å². The molecule has 3 aliphatic heterocycles. The monoisotopic (exact) mass is 898 g/mol. The van der Waals surface area contributed by atoms with E-state index in [9.17, 15) is 34.4 Å². The fraction of sp³-hybridized carbons (Fsp3) is 0.333. The molecule has 17 nitrogen and oxygen atoms in total. The number of nitrogens with one attached hydrogen (secondary N) is 1. The van der Waals surface area contributed by atoms with Crippen molar-refractivity contribution in [3.63, 3.8) is 0 Å². The zero-order valence-corrected chi connectivity index (χ0v) is 34.7. The number of sulfonamides is 2. The second-order valence-electron chi connectivity index (χ2n) is 14.7. The molecule has 7 heterocycles. The Morgan fingerprint density at radius 1 is 0.661 bits per heavy atom. The lowest BCUT2D eigenvalue weighted by Crippen LogP contribution is -2.46. The van der Waals surface area contributed by atoms with E-state index in [1.807, 2.05) is 24.3 Å². The summed E-state index contributed by atoms with van der Waals surface area (Å²) in [6.07, 6.45) is -0.656. The fourth-order valence-electron chi connectivity index (χ4n) is 6.95. The highest BCUT2D eigenvalue weighted by Crippen LogP contribution is 2.32. The Kier molecular flexibility index (Phi) is 12.1. The van der Waals surface area contributed by atoms with Gasteiger partial charge in [-0.1, -0.05) is 12.1 Å². The lowest BCUT2D eigenvalue weighted by Gasteiger charge is -2.34. The standard InChI is InChI=1S/C21H21F2N5O4S.C18H17F2N5O3S/c1-33(29,30)28(17-5-3-14-8-27(9-15(14)6-17)18-11-31-12-18)10-16-4-2-13(7-24-16)20-25-26-21(32-20)19(22)23;1-29(26,27)25(15-5-3-11-7-21-8-13(11)6-15)10-14-4-2-12(9-22-14)17-23-24-18(28-17)16(19)20/h2-7,18-19H,8-12H2,1H3;2-6,9,16,21H,7-8,10H2,1H3. The highest BCUT2D eigenvalue weighted by Gasteiger charge is 2.32. The molecule has 1 fully saturated rings. The average Bonchev–Trinajstić information content (AvgIpc) is 4.05. The van der Waals surface area contributed by atoms with Crippen LogP contribution >= 0.6 is 0 Å². The highest BCUT2D eigenvalue weighted by atomic mass is 32.2. The number of aromatic nitrogens is 6. The minimum absolute atomic E-state index is 0.0181. The quantitative estimate of drug-likeness (QED) is 0.145. The average molecular weight is 899 g/mol. The number of anilines is 2. The van der Waals surface area contributed by atoms with E-state index in [1.54, 1.807) is 36.4 Å². The molecule has 1 N–H and O–H groups in total. The molecule has 6 aromatic rings. The Bertz CT molecular complexity index is 2770. The van der Waals surface area contributed by atoms with Crippen LogP contribution in [0.4, 0.5) is 28.9 Å². The van der Waals surface area contributed by atoms with Crippen LogP contribution in [-0.2, 0) is 64.1 Å². The first kappa shape index (κ1) is 42.8. The minimum Gasteiger partial charge on any atom is -0.415 e. The summed E-state index contributed by atoms with van der Waals surface area (Å²) >= 11 is 0. The summed E-state index contributed by atoms with van der Waals surface area (Å²) in [6, 6.07) is 18.0. The van der Waals surface area contributed by atoms with Crippen molar-refractivity contribution in [2.24, 2.45) is 0 Å². The molecule has 0 amide bonds. The van der Waals surface area contributed by atoms with Crippen molar-refractivity contribution in [1.82, 2.24) is 40.6 Å². The smallest absolute Gasteiger partial charge is 0.314 e. The molecule has 0 radical (unpaired) electrons. The van der Waals surface area contributed by atoms with Crippen molar-refractivity contribution < 1.29 is 48.0 Å². The third-order valence-electron chi connectivity index (χ3n) is 10.3. The minimum atomic E-state index is -3.59. The van der Waals surface area contributed by atoms with Crippen LogP contribution in [0.5, 0.6) is 0 Å². The summed E-state index contributed by atoms with van der Waals surface area (Å²) in [5, 5.41) is 17.0. The molecule has 9 rings (SSSR count). The van der Waals surface area contributed by atoms with Crippen molar-refractivity contribution in [1.29, 1.82) is 0 Å². The molecule has 0 spiro atoms. The molecular formula is C39H38F4N10O7S2. The van der Waals surface area contributed by atoms with E-state index >= 15 is 0 Å². The van der Waals surface area contributed by atoms with Crippen LogP contribution in [0.1, 0.15) is 58.3 Å². The summed E-state index contributed by atoms with van der Waals surface area (Å²) in [5.74, 6) is -1.69. The lowest BCUT2D eigenvalue weighted by molar-refractivity contribution is -0.0669. The van der Waals surface area contributed by atoms with Crippen molar-refractivity contribution in [2.45, 2.75) is 58.2 Å². The van der Waals surface area contributed by atoms with Gasteiger partial charge in [-0.25, -0.2) is 16.8 Å². The molecular weight excluding hydrogens is 861 g/mol. The van der Waals surface area contributed by atoms with Crippen LogP contribution in [0.2, 0.25) is 0 Å². The van der Waals surface area contributed by atoms with E-state index in [0.717, 1.165) is 62.0 Å². The molecule has 23 heteroatoms. The van der Waals surface area contributed by atoms with Gasteiger partial charge in [0.05, 0.1) is 78.7 Å². The summed E-state index contributed by atoms with van der Waals surface area (Å²) in [7, 11) is -7.14. The first-order valence-electron chi connectivity index (χ1n) is 18.9. The molecule has 0 unspecified atom stereocenters. The van der Waals surface area contributed by atoms with Gasteiger partial charge in [0.1, 0.15) is 0 Å². The van der Waals surface area contributed by atoms with Crippen LogP contribution in [0, 0.1) is 0 Å². The number of rotatable bonds is 13. The topological polar surface area (TPSA) is 203 Å². The Morgan fingerprint density at radius 2 is 1.15 bits per heavy atom. The van der Waals surface area contributed by atoms with Crippen molar-refractivity contribution in [3.05, 3.63) is 118 Å². The Balaban J connectivity index is 0.000000172. The van der Waals surface area contributed by atoms with Gasteiger partial charge in [0.15, 0.2) is 0 Å². The van der Waals surface area contributed by atoms with Gasteiger partial charge < -0.3 is 18.9 Å². The largest absolute Gasteiger partial charge is 0.415 e. The molecule has 4 aromatic heterocycles. The van der Waals surface area contributed by atoms with Gasteiger partial charge in [-0.05, 0) is 70.8 Å². The Morgan fingerprint density at radius 3 is 1.58 bits per heavy atom. The molecule has 0 bridgehead atoms. The molecule has 0 saturated carbocycles. The van der Waals surface area contributed by atoms with Gasteiger partial charge >= 0.3 is 12.9 Å². The molecule has 62 heavy (non-hydrogen) atoms. The van der Waals surface area contributed by atoms with Gasteiger partial charge in [-0.3, -0.25) is 23.5 Å². The Labute approximate surface area is 352 Å². The van der Waals surface area contributed by atoms with Gasteiger partial charge in [-0.15, -0.1) is 20.4 Å². The number of nitrogens with zero attached hydrogens (tertiary/aromatic N) is 9. The predicted octanol–water partition coefficient (Wildman–Crippen LogP) is 5.39. The number of hydrogen-bond acceptors (Lipinski definition) is 15. The highest BCUT2D eigenvalue weighted by molar-refractivity contribution is 7.92. The van der Waals surface area contributed by atoms with Crippen LogP contribution < -0.4 is 13.9 Å².